The van der Waals surface area contributed by atoms with Gasteiger partial charge in [-0.1, -0.05) is 35.5 Å². The molecule has 3 aliphatic heterocycles. The number of aliphatic hydroxyl groups is 1. The second-order valence-corrected chi connectivity index (χ2v) is 12.2. The van der Waals surface area contributed by atoms with Crippen molar-refractivity contribution in [3.8, 4) is 11.5 Å². The van der Waals surface area contributed by atoms with Crippen molar-refractivity contribution in [1.29, 1.82) is 0 Å². The predicted molar refractivity (Wildman–Crippen MR) is 168 cm³/mol. The molecule has 3 saturated heterocycles. The van der Waals surface area contributed by atoms with Crippen LogP contribution >= 0.6 is 0 Å². The Hall–Kier alpha value is -4.55. The van der Waals surface area contributed by atoms with Gasteiger partial charge in [-0.3, -0.25) is 14.2 Å². The summed E-state index contributed by atoms with van der Waals surface area (Å²) in [5.41, 5.74) is 2.93. The van der Waals surface area contributed by atoms with Crippen molar-refractivity contribution in [2.24, 2.45) is 7.05 Å². The van der Waals surface area contributed by atoms with E-state index >= 15 is 0 Å². The highest BCUT2D eigenvalue weighted by Crippen LogP contribution is 2.42. The lowest BCUT2D eigenvalue weighted by Gasteiger charge is -2.46. The molecule has 3 fully saturated rings. The Kier molecular flexibility index (Phi) is 7.17. The van der Waals surface area contributed by atoms with E-state index in [1.54, 1.807) is 17.9 Å². The molecule has 0 aliphatic carbocycles. The number of anilines is 3. The molecule has 0 saturated carbocycles. The molecular weight excluding hydrogens is 558 g/mol. The molecule has 3 N–H and O–H groups in total. The molecule has 5 aromatic rings. The zero-order valence-electron chi connectivity index (χ0n) is 25.2. The molecular formula is C32H37N9O3. The summed E-state index contributed by atoms with van der Waals surface area (Å²) in [7, 11) is 1.78. The van der Waals surface area contributed by atoms with Gasteiger partial charge in [-0.15, -0.1) is 0 Å². The van der Waals surface area contributed by atoms with Crippen LogP contribution in [0.15, 0.2) is 64.0 Å². The molecule has 2 bridgehead atoms. The maximum Gasteiger partial charge on any atom is 0.274 e. The fraction of sp³-hybridized carbons (Fsp3) is 0.406. The van der Waals surface area contributed by atoms with Gasteiger partial charge in [-0.05, 0) is 76.5 Å². The van der Waals surface area contributed by atoms with Crippen molar-refractivity contribution >= 4 is 28.4 Å². The minimum atomic E-state index is -0.428. The summed E-state index contributed by atoms with van der Waals surface area (Å²) < 4.78 is 9.46. The first-order valence-corrected chi connectivity index (χ1v) is 15.2. The number of benzene rings is 2. The maximum atomic E-state index is 12.8. The van der Waals surface area contributed by atoms with Gasteiger partial charge in [-0.2, -0.15) is 9.97 Å². The lowest BCUT2D eigenvalue weighted by atomic mass is 9.71. The van der Waals surface area contributed by atoms with Crippen molar-refractivity contribution in [1.82, 2.24) is 34.4 Å². The molecule has 3 aromatic heterocycles. The Morgan fingerprint density at radius 3 is 2.50 bits per heavy atom. The summed E-state index contributed by atoms with van der Waals surface area (Å²) in [6.45, 7) is 7.10. The molecule has 12 heteroatoms. The average Bonchev–Trinajstić information content (AvgIpc) is 3.65. The molecule has 6 heterocycles. The van der Waals surface area contributed by atoms with Crippen molar-refractivity contribution in [3.63, 3.8) is 0 Å². The molecule has 2 aromatic carbocycles. The number of fused-ring (bicyclic) bond motifs is 4. The second-order valence-electron chi connectivity index (χ2n) is 12.2. The van der Waals surface area contributed by atoms with Gasteiger partial charge in [0, 0.05) is 30.4 Å². The van der Waals surface area contributed by atoms with E-state index in [4.69, 9.17) is 14.5 Å². The van der Waals surface area contributed by atoms with Crippen LogP contribution in [0.5, 0.6) is 0 Å². The van der Waals surface area contributed by atoms with Gasteiger partial charge in [0.1, 0.15) is 11.4 Å². The zero-order valence-corrected chi connectivity index (χ0v) is 25.2. The molecule has 0 unspecified atom stereocenters. The Morgan fingerprint density at radius 1 is 1.05 bits per heavy atom. The van der Waals surface area contributed by atoms with Gasteiger partial charge in [0.25, 0.3) is 11.4 Å². The standard InChI is InChI=1S/C32H37N9O3/c1-20(2)41-26-17-22(9-10-23(26)29(43)39(41)3)34-31-33-18-24(27(36-31)35-25(19-42)21-7-5-4-6-8-21)28-37-30(38-44-28)32-11-14-40(15-12-32)16-13-32/h4-10,17-18,20,25,42H,11-16,19H2,1-3H3,(H2,33,34,35,36)/t25-/m1/s1. The first-order valence-electron chi connectivity index (χ1n) is 15.2. The summed E-state index contributed by atoms with van der Waals surface area (Å²) in [6, 6.07) is 15.0. The van der Waals surface area contributed by atoms with Crippen LogP contribution in [0.2, 0.25) is 0 Å². The molecule has 0 radical (unpaired) electrons. The summed E-state index contributed by atoms with van der Waals surface area (Å²) in [5, 5.41) is 22.1. The minimum absolute atomic E-state index is 0.0412. The van der Waals surface area contributed by atoms with Gasteiger partial charge >= 0.3 is 0 Å². The Bertz CT molecular complexity index is 1840. The van der Waals surface area contributed by atoms with E-state index in [9.17, 15) is 9.90 Å². The molecule has 0 spiro atoms. The molecule has 0 amide bonds. The number of nitrogens with one attached hydrogen (secondary N) is 2. The lowest BCUT2D eigenvalue weighted by molar-refractivity contribution is 0.0747. The van der Waals surface area contributed by atoms with E-state index in [1.807, 2.05) is 67.1 Å². The van der Waals surface area contributed by atoms with Crippen LogP contribution in [0.25, 0.3) is 22.4 Å². The molecule has 8 rings (SSSR count). The Morgan fingerprint density at radius 2 is 1.80 bits per heavy atom. The molecule has 228 valence electrons. The summed E-state index contributed by atoms with van der Waals surface area (Å²) in [6.07, 6.45) is 4.73. The highest BCUT2D eigenvalue weighted by atomic mass is 16.5. The quantitative estimate of drug-likeness (QED) is 0.225. The monoisotopic (exact) mass is 595 g/mol. The summed E-state index contributed by atoms with van der Waals surface area (Å²) in [5.74, 6) is 1.88. The third-order valence-corrected chi connectivity index (χ3v) is 9.17. The summed E-state index contributed by atoms with van der Waals surface area (Å²) in [4.78, 5) is 29.6. The van der Waals surface area contributed by atoms with Crippen molar-refractivity contribution in [2.75, 3.05) is 36.9 Å². The minimum Gasteiger partial charge on any atom is -0.394 e. The third-order valence-electron chi connectivity index (χ3n) is 9.17. The number of piperidine rings is 3. The van der Waals surface area contributed by atoms with Crippen LogP contribution in [0.4, 0.5) is 17.5 Å². The van der Waals surface area contributed by atoms with Crippen molar-refractivity contribution < 1.29 is 9.63 Å². The van der Waals surface area contributed by atoms with Gasteiger partial charge in [0.05, 0.1) is 23.6 Å². The van der Waals surface area contributed by atoms with E-state index in [0.29, 0.717) is 28.6 Å². The van der Waals surface area contributed by atoms with Crippen LogP contribution in [0.1, 0.15) is 56.6 Å². The van der Waals surface area contributed by atoms with Crippen LogP contribution < -0.4 is 16.2 Å². The van der Waals surface area contributed by atoms with E-state index in [2.05, 4.69) is 25.7 Å². The Balaban J connectivity index is 1.25. The SMILES string of the molecule is CC(C)n1c2cc(Nc3ncc(-c4nc(C56CCN(CC5)CC6)no4)c(N[C@H](CO)c4ccccc4)n3)ccc2c(=O)n1C. The van der Waals surface area contributed by atoms with E-state index in [1.165, 1.54) is 0 Å². The third kappa shape index (κ3) is 4.93. The highest BCUT2D eigenvalue weighted by molar-refractivity contribution is 5.83. The van der Waals surface area contributed by atoms with Gasteiger partial charge in [0.2, 0.25) is 5.95 Å². The predicted octanol–water partition coefficient (Wildman–Crippen LogP) is 4.39. The first kappa shape index (κ1) is 28.2. The van der Waals surface area contributed by atoms with Gasteiger partial charge < -0.3 is 25.2 Å². The smallest absolute Gasteiger partial charge is 0.274 e. The number of aliphatic hydroxyl groups excluding tert-OH is 1. The van der Waals surface area contributed by atoms with Crippen LogP contribution in [-0.2, 0) is 12.5 Å². The fourth-order valence-corrected chi connectivity index (χ4v) is 6.67. The Labute approximate surface area is 254 Å². The first-order chi connectivity index (χ1) is 21.3. The van der Waals surface area contributed by atoms with Crippen LogP contribution in [-0.4, -0.2) is 65.7 Å². The van der Waals surface area contributed by atoms with E-state index < -0.39 is 6.04 Å². The number of nitrogens with zero attached hydrogens (tertiary/aromatic N) is 7. The van der Waals surface area contributed by atoms with Crippen molar-refractivity contribution in [3.05, 3.63) is 76.5 Å². The molecule has 3 aliphatic rings. The fourth-order valence-electron chi connectivity index (χ4n) is 6.67. The van der Waals surface area contributed by atoms with Crippen molar-refractivity contribution in [2.45, 2.75) is 50.6 Å². The normalized spacial score (nSPS) is 20.3. The van der Waals surface area contributed by atoms with Gasteiger partial charge in [0.15, 0.2) is 5.82 Å². The van der Waals surface area contributed by atoms with Crippen LogP contribution in [0, 0.1) is 0 Å². The number of rotatable bonds is 9. The highest BCUT2D eigenvalue weighted by Gasteiger charge is 2.44. The second kappa shape index (κ2) is 11.2. The topological polar surface area (TPSA) is 139 Å². The van der Waals surface area contributed by atoms with Gasteiger partial charge in [-0.25, -0.2) is 4.98 Å². The molecule has 44 heavy (non-hydrogen) atoms. The molecule has 12 nitrogen and oxygen atoms in total. The largest absolute Gasteiger partial charge is 0.394 e. The molecule has 1 atom stereocenters. The lowest BCUT2D eigenvalue weighted by Crippen LogP contribution is -2.51. The maximum absolute atomic E-state index is 12.8. The number of aromatic nitrogens is 6. The van der Waals surface area contributed by atoms with Crippen LogP contribution in [0.3, 0.4) is 0 Å². The van der Waals surface area contributed by atoms with E-state index in [-0.39, 0.29) is 23.6 Å². The number of hydrogen-bond donors (Lipinski definition) is 3. The van der Waals surface area contributed by atoms with E-state index in [0.717, 1.165) is 61.5 Å². The average molecular weight is 596 g/mol. The zero-order chi connectivity index (χ0) is 30.4. The number of hydrogen-bond acceptors (Lipinski definition) is 10. The summed E-state index contributed by atoms with van der Waals surface area (Å²) >= 11 is 0.